The van der Waals surface area contributed by atoms with Gasteiger partial charge < -0.3 is 25.1 Å². The van der Waals surface area contributed by atoms with Crippen LogP contribution in [0.1, 0.15) is 13.8 Å². The molecule has 41 heavy (non-hydrogen) atoms. The number of rotatable bonds is 9. The number of amides is 3. The quantitative estimate of drug-likeness (QED) is 0.152. The topological polar surface area (TPSA) is 145 Å². The molecule has 2 atom stereocenters. The van der Waals surface area contributed by atoms with Gasteiger partial charge in [-0.15, -0.1) is 5.10 Å². The highest BCUT2D eigenvalue weighted by Crippen LogP contribution is 2.31. The summed E-state index contributed by atoms with van der Waals surface area (Å²) in [5.74, 6) is -2.66. The summed E-state index contributed by atoms with van der Waals surface area (Å²) in [7, 11) is 0. The SMILES string of the molecule is C\C=C/C=C(\C=N\O)C(=O)N[C@@H](C)C(=O)N1CCN(c2c(F)cc(N3C[C@H](Cn4ccnn4)OC3=O)cc2F)CC1. The standard InChI is InChI=1S/C26H30F2N8O5/c1-3-4-5-18(14-30-40)24(37)31-17(2)25(38)34-10-8-33(9-11-34)23-21(27)12-19(13-22(23)28)36-16-20(41-26(36)39)15-35-7-6-29-32-35/h3-7,12-14,17,20,40H,8-11,15-16H2,1-2H3,(H,31,37)/b4-3-,18-5+,30-14+/t17-,20-/m0/s1. The van der Waals surface area contributed by atoms with Gasteiger partial charge in [-0.05, 0) is 19.9 Å². The van der Waals surface area contributed by atoms with Gasteiger partial charge in [0.05, 0.1) is 36.8 Å². The summed E-state index contributed by atoms with van der Waals surface area (Å²) in [5, 5.41) is 21.7. The number of aromatic nitrogens is 3. The van der Waals surface area contributed by atoms with Crippen molar-refractivity contribution in [2.75, 3.05) is 42.5 Å². The normalized spacial score (nSPS) is 18.8. The molecule has 2 N–H and O–H groups in total. The largest absolute Gasteiger partial charge is 0.442 e. The van der Waals surface area contributed by atoms with Crippen molar-refractivity contribution in [3.8, 4) is 0 Å². The number of allylic oxidation sites excluding steroid dienone is 3. The first-order valence-electron chi connectivity index (χ1n) is 12.9. The van der Waals surface area contributed by atoms with Gasteiger partial charge >= 0.3 is 6.09 Å². The minimum Gasteiger partial charge on any atom is -0.442 e. The summed E-state index contributed by atoms with van der Waals surface area (Å²) in [6.45, 7) is 4.25. The molecule has 1 aromatic heterocycles. The first-order valence-corrected chi connectivity index (χ1v) is 12.9. The number of oxime groups is 1. The monoisotopic (exact) mass is 572 g/mol. The van der Waals surface area contributed by atoms with Gasteiger partial charge in [0.25, 0.3) is 5.91 Å². The zero-order chi connectivity index (χ0) is 29.5. The van der Waals surface area contributed by atoms with E-state index in [4.69, 9.17) is 9.94 Å². The Bertz CT molecular complexity index is 1330. The van der Waals surface area contributed by atoms with E-state index in [9.17, 15) is 14.4 Å². The Kier molecular flexibility index (Phi) is 9.26. The molecule has 0 bridgehead atoms. The van der Waals surface area contributed by atoms with Crippen molar-refractivity contribution in [1.82, 2.24) is 25.2 Å². The van der Waals surface area contributed by atoms with Gasteiger partial charge in [0.15, 0.2) is 11.6 Å². The van der Waals surface area contributed by atoms with Crippen LogP contribution in [0.25, 0.3) is 0 Å². The number of carbonyl (C=O) groups excluding carboxylic acids is 3. The molecule has 0 spiro atoms. The lowest BCUT2D eigenvalue weighted by atomic mass is 10.1. The number of anilines is 2. The molecule has 2 aliphatic rings. The molecule has 0 saturated carbocycles. The Labute approximate surface area is 234 Å². The van der Waals surface area contributed by atoms with Gasteiger partial charge in [0, 0.05) is 44.5 Å². The van der Waals surface area contributed by atoms with Crippen molar-refractivity contribution in [2.24, 2.45) is 5.16 Å². The predicted molar refractivity (Wildman–Crippen MR) is 144 cm³/mol. The summed E-state index contributed by atoms with van der Waals surface area (Å²) < 4.78 is 37.2. The Morgan fingerprint density at radius 3 is 2.56 bits per heavy atom. The van der Waals surface area contributed by atoms with Crippen LogP contribution in [-0.4, -0.2) is 94.1 Å². The first-order chi connectivity index (χ1) is 19.7. The number of piperazine rings is 1. The summed E-state index contributed by atoms with van der Waals surface area (Å²) in [5.41, 5.74) is -0.171. The molecule has 2 saturated heterocycles. The smallest absolute Gasteiger partial charge is 0.414 e. The van der Waals surface area contributed by atoms with E-state index < -0.39 is 35.8 Å². The van der Waals surface area contributed by atoms with E-state index in [0.717, 1.165) is 23.2 Å². The molecule has 0 aliphatic carbocycles. The van der Waals surface area contributed by atoms with Crippen LogP contribution in [0.2, 0.25) is 0 Å². The number of ether oxygens (including phenoxy) is 1. The van der Waals surface area contributed by atoms with Crippen LogP contribution in [0.15, 0.2) is 53.5 Å². The second-order valence-corrected chi connectivity index (χ2v) is 9.40. The molecular formula is C26H30F2N8O5. The van der Waals surface area contributed by atoms with E-state index in [0.29, 0.717) is 0 Å². The van der Waals surface area contributed by atoms with Crippen LogP contribution >= 0.6 is 0 Å². The second-order valence-electron chi connectivity index (χ2n) is 9.40. The summed E-state index contributed by atoms with van der Waals surface area (Å²) in [4.78, 5) is 41.9. The molecule has 0 radical (unpaired) electrons. The number of hydrogen-bond donors (Lipinski definition) is 2. The van der Waals surface area contributed by atoms with Crippen molar-refractivity contribution in [3.05, 3.63) is 60.0 Å². The van der Waals surface area contributed by atoms with E-state index in [1.54, 1.807) is 25.3 Å². The van der Waals surface area contributed by atoms with Crippen molar-refractivity contribution in [1.29, 1.82) is 0 Å². The number of nitrogens with one attached hydrogen (secondary N) is 1. The lowest BCUT2D eigenvalue weighted by Gasteiger charge is -2.37. The van der Waals surface area contributed by atoms with Crippen molar-refractivity contribution in [3.63, 3.8) is 0 Å². The van der Waals surface area contributed by atoms with Crippen molar-refractivity contribution in [2.45, 2.75) is 32.5 Å². The molecule has 3 amide bonds. The van der Waals surface area contributed by atoms with E-state index in [1.165, 1.54) is 33.7 Å². The van der Waals surface area contributed by atoms with Crippen LogP contribution in [0, 0.1) is 11.6 Å². The predicted octanol–water partition coefficient (Wildman–Crippen LogP) is 1.70. The zero-order valence-corrected chi connectivity index (χ0v) is 22.5. The lowest BCUT2D eigenvalue weighted by molar-refractivity contribution is -0.135. The molecule has 4 rings (SSSR count). The highest BCUT2D eigenvalue weighted by atomic mass is 19.1. The number of benzene rings is 1. The van der Waals surface area contributed by atoms with E-state index in [1.807, 2.05) is 0 Å². The van der Waals surface area contributed by atoms with Crippen LogP contribution in [0.3, 0.4) is 0 Å². The third-order valence-corrected chi connectivity index (χ3v) is 6.60. The summed E-state index contributed by atoms with van der Waals surface area (Å²) in [6.07, 6.45) is 7.48. The van der Waals surface area contributed by atoms with Gasteiger partial charge in [-0.3, -0.25) is 14.5 Å². The molecule has 2 aromatic rings. The highest BCUT2D eigenvalue weighted by molar-refractivity contribution is 6.13. The van der Waals surface area contributed by atoms with E-state index in [-0.39, 0.29) is 62.1 Å². The van der Waals surface area contributed by atoms with Crippen LogP contribution in [0.4, 0.5) is 25.0 Å². The average Bonchev–Trinajstić information content (AvgIpc) is 3.59. The van der Waals surface area contributed by atoms with Gasteiger partial charge in [-0.1, -0.05) is 22.5 Å². The third kappa shape index (κ3) is 6.85. The Balaban J connectivity index is 1.36. The molecule has 3 heterocycles. The molecule has 1 aromatic carbocycles. The minimum atomic E-state index is -0.892. The number of nitrogens with zero attached hydrogens (tertiary/aromatic N) is 7. The third-order valence-electron chi connectivity index (χ3n) is 6.60. The van der Waals surface area contributed by atoms with Gasteiger partial charge in [-0.2, -0.15) is 0 Å². The fourth-order valence-electron chi connectivity index (χ4n) is 4.58. The Hall–Kier alpha value is -4.82. The van der Waals surface area contributed by atoms with Crippen LogP contribution in [0.5, 0.6) is 0 Å². The maximum Gasteiger partial charge on any atom is 0.414 e. The molecule has 13 nitrogen and oxygen atoms in total. The van der Waals surface area contributed by atoms with Crippen molar-refractivity contribution < 1.29 is 33.1 Å². The van der Waals surface area contributed by atoms with Gasteiger partial charge in [-0.25, -0.2) is 18.3 Å². The number of carbonyl (C=O) groups is 3. The van der Waals surface area contributed by atoms with Crippen LogP contribution in [-0.2, 0) is 20.9 Å². The second kappa shape index (κ2) is 13.0. The molecule has 0 unspecified atom stereocenters. The first kappa shape index (κ1) is 29.2. The Morgan fingerprint density at radius 2 is 1.95 bits per heavy atom. The number of cyclic esters (lactones) is 1. The van der Waals surface area contributed by atoms with E-state index >= 15 is 8.78 Å². The number of hydrogen-bond acceptors (Lipinski definition) is 9. The van der Waals surface area contributed by atoms with Gasteiger partial charge in [0.2, 0.25) is 5.91 Å². The highest BCUT2D eigenvalue weighted by Gasteiger charge is 2.35. The minimum absolute atomic E-state index is 0.0299. The maximum absolute atomic E-state index is 15.2. The molecule has 15 heteroatoms. The van der Waals surface area contributed by atoms with Crippen LogP contribution < -0.4 is 15.1 Å². The molecule has 2 aliphatic heterocycles. The maximum atomic E-state index is 15.2. The molecule has 218 valence electrons. The summed E-state index contributed by atoms with van der Waals surface area (Å²) in [6, 6.07) is 1.28. The average molecular weight is 573 g/mol. The van der Waals surface area contributed by atoms with Crippen molar-refractivity contribution >= 4 is 35.5 Å². The van der Waals surface area contributed by atoms with E-state index in [2.05, 4.69) is 20.8 Å². The Morgan fingerprint density at radius 1 is 1.24 bits per heavy atom. The summed E-state index contributed by atoms with van der Waals surface area (Å²) >= 11 is 0. The number of halogens is 2. The molecular weight excluding hydrogens is 542 g/mol. The fraction of sp³-hybridized carbons (Fsp3) is 0.385. The lowest BCUT2D eigenvalue weighted by Crippen LogP contribution is -2.54. The zero-order valence-electron chi connectivity index (χ0n) is 22.5. The molecule has 2 fully saturated rings. The fourth-order valence-corrected chi connectivity index (χ4v) is 4.58. The van der Waals surface area contributed by atoms with Gasteiger partial charge in [0.1, 0.15) is 17.8 Å².